The van der Waals surface area contributed by atoms with E-state index in [2.05, 4.69) is 21.2 Å². The van der Waals surface area contributed by atoms with E-state index in [4.69, 9.17) is 5.11 Å². The summed E-state index contributed by atoms with van der Waals surface area (Å²) < 4.78 is 13.7. The van der Waals surface area contributed by atoms with Crippen molar-refractivity contribution in [3.8, 4) is 0 Å². The molecule has 0 unspecified atom stereocenters. The highest BCUT2D eigenvalue weighted by Gasteiger charge is 2.37. The van der Waals surface area contributed by atoms with Crippen molar-refractivity contribution < 1.29 is 19.2 Å². The van der Waals surface area contributed by atoms with Crippen molar-refractivity contribution in [1.82, 2.24) is 0 Å². The summed E-state index contributed by atoms with van der Waals surface area (Å²) in [5.41, 5.74) is -1.01. The summed E-state index contributed by atoms with van der Waals surface area (Å²) in [7, 11) is 0. The van der Waals surface area contributed by atoms with Crippen LogP contribution in [0.3, 0.4) is 0 Å². The van der Waals surface area contributed by atoms with Gasteiger partial charge in [-0.05, 0) is 28.8 Å². The Bertz CT molecular complexity index is 588. The van der Waals surface area contributed by atoms with E-state index in [-0.39, 0.29) is 22.3 Å². The Balaban J connectivity index is 2.38. The normalized spacial score (nSPS) is 16.7. The number of nitro groups is 1. The molecule has 0 spiro atoms. The van der Waals surface area contributed by atoms with Crippen molar-refractivity contribution in [2.75, 3.05) is 5.32 Å². The summed E-state index contributed by atoms with van der Waals surface area (Å²) >= 11 is 2.91. The lowest BCUT2D eigenvalue weighted by molar-refractivity contribution is -0.384. The predicted molar refractivity (Wildman–Crippen MR) is 77.8 cm³/mol. The molecule has 114 valence electrons. The third-order valence-corrected chi connectivity index (χ3v) is 4.29. The number of nitrogens with one attached hydrogen (secondary N) is 1. The number of aliphatic carboxylic acids is 1. The molecule has 8 heteroatoms. The second kappa shape index (κ2) is 5.97. The van der Waals surface area contributed by atoms with Crippen LogP contribution >= 0.6 is 15.9 Å². The maximum atomic E-state index is 13.7. The maximum Gasteiger partial charge on any atom is 0.305 e. The van der Waals surface area contributed by atoms with Crippen molar-refractivity contribution in [2.24, 2.45) is 0 Å². The third kappa shape index (κ3) is 3.49. The van der Waals surface area contributed by atoms with E-state index in [9.17, 15) is 19.3 Å². The zero-order chi connectivity index (χ0) is 15.6. The summed E-state index contributed by atoms with van der Waals surface area (Å²) in [5.74, 6) is -1.61. The van der Waals surface area contributed by atoms with E-state index >= 15 is 0 Å². The van der Waals surface area contributed by atoms with Crippen molar-refractivity contribution >= 4 is 33.3 Å². The van der Waals surface area contributed by atoms with Gasteiger partial charge in [0.05, 0.1) is 15.8 Å². The van der Waals surface area contributed by atoms with E-state index in [1.165, 1.54) is 0 Å². The Morgan fingerprint density at radius 3 is 2.62 bits per heavy atom. The molecule has 0 atom stereocenters. The second-order valence-electron chi connectivity index (χ2n) is 5.22. The van der Waals surface area contributed by atoms with Gasteiger partial charge in [-0.25, -0.2) is 4.39 Å². The van der Waals surface area contributed by atoms with Crippen molar-refractivity contribution in [1.29, 1.82) is 0 Å². The average Bonchev–Trinajstić information content (AvgIpc) is 2.80. The standard InChI is InChI=1S/C13H14BrFN2O4/c14-8-5-11(17(20)21)10(6-9(8)15)16-13(7-12(18)19)3-1-2-4-13/h5-6,16H,1-4,7H2,(H,18,19). The number of carbonyl (C=O) groups is 1. The average molecular weight is 361 g/mol. The Morgan fingerprint density at radius 1 is 1.48 bits per heavy atom. The van der Waals surface area contributed by atoms with Gasteiger partial charge in [-0.1, -0.05) is 12.8 Å². The largest absolute Gasteiger partial charge is 0.481 e. The van der Waals surface area contributed by atoms with Crippen LogP contribution in [0, 0.1) is 15.9 Å². The van der Waals surface area contributed by atoms with E-state index in [1.54, 1.807) is 0 Å². The Kier molecular flexibility index (Phi) is 4.46. The van der Waals surface area contributed by atoms with E-state index in [1.807, 2.05) is 0 Å². The molecule has 21 heavy (non-hydrogen) atoms. The van der Waals surface area contributed by atoms with Gasteiger partial charge in [-0.15, -0.1) is 0 Å². The van der Waals surface area contributed by atoms with Crippen LogP contribution in [0.25, 0.3) is 0 Å². The zero-order valence-electron chi connectivity index (χ0n) is 11.1. The molecule has 1 aliphatic carbocycles. The molecule has 1 saturated carbocycles. The molecule has 0 heterocycles. The molecule has 1 fully saturated rings. The number of carboxylic acid groups (broad SMARTS) is 1. The highest BCUT2D eigenvalue weighted by molar-refractivity contribution is 9.10. The molecule has 0 aromatic heterocycles. The molecule has 0 bridgehead atoms. The topological polar surface area (TPSA) is 92.5 Å². The van der Waals surface area contributed by atoms with Crippen LogP contribution in [0.1, 0.15) is 32.1 Å². The molecule has 0 saturated heterocycles. The molecule has 0 radical (unpaired) electrons. The second-order valence-corrected chi connectivity index (χ2v) is 6.08. The first-order valence-electron chi connectivity index (χ1n) is 6.46. The van der Waals surface area contributed by atoms with Gasteiger partial charge in [0.1, 0.15) is 11.5 Å². The fourth-order valence-corrected chi connectivity index (χ4v) is 3.09. The van der Waals surface area contributed by atoms with Gasteiger partial charge in [0.25, 0.3) is 5.69 Å². The lowest BCUT2D eigenvalue weighted by Gasteiger charge is -2.29. The van der Waals surface area contributed by atoms with Crippen LogP contribution in [0.4, 0.5) is 15.8 Å². The van der Waals surface area contributed by atoms with Gasteiger partial charge in [-0.2, -0.15) is 0 Å². The molecule has 1 aromatic rings. The van der Waals surface area contributed by atoms with Crippen LogP contribution in [0.5, 0.6) is 0 Å². The molecular weight excluding hydrogens is 347 g/mol. The zero-order valence-corrected chi connectivity index (χ0v) is 12.7. The minimum Gasteiger partial charge on any atom is -0.481 e. The predicted octanol–water partition coefficient (Wildman–Crippen LogP) is 3.70. The smallest absolute Gasteiger partial charge is 0.305 e. The summed E-state index contributed by atoms with van der Waals surface area (Å²) in [5, 5.41) is 23.1. The monoisotopic (exact) mass is 360 g/mol. The summed E-state index contributed by atoms with van der Waals surface area (Å²) in [6.45, 7) is 0. The third-order valence-electron chi connectivity index (χ3n) is 3.69. The van der Waals surface area contributed by atoms with Crippen LogP contribution < -0.4 is 5.32 Å². The number of nitro benzene ring substituents is 1. The first-order valence-corrected chi connectivity index (χ1v) is 7.26. The summed E-state index contributed by atoms with van der Waals surface area (Å²) in [6, 6.07) is 2.12. The highest BCUT2D eigenvalue weighted by atomic mass is 79.9. The Hall–Kier alpha value is -1.70. The lowest BCUT2D eigenvalue weighted by Crippen LogP contribution is -2.37. The molecular formula is C13H14BrFN2O4. The molecule has 1 aromatic carbocycles. The first-order chi connectivity index (χ1) is 9.83. The molecule has 2 N–H and O–H groups in total. The minimum atomic E-state index is -0.982. The number of benzene rings is 1. The highest BCUT2D eigenvalue weighted by Crippen LogP contribution is 2.39. The number of nitrogens with zero attached hydrogens (tertiary/aromatic N) is 1. The molecule has 2 rings (SSSR count). The minimum absolute atomic E-state index is 0.00143. The van der Waals surface area contributed by atoms with Crippen LogP contribution in [0.15, 0.2) is 16.6 Å². The van der Waals surface area contributed by atoms with Gasteiger partial charge < -0.3 is 10.4 Å². The number of carboxylic acids is 1. The van der Waals surface area contributed by atoms with Gasteiger partial charge in [0.15, 0.2) is 0 Å². The van der Waals surface area contributed by atoms with E-state index < -0.39 is 22.2 Å². The van der Waals surface area contributed by atoms with Crippen LogP contribution in [0.2, 0.25) is 0 Å². The fourth-order valence-electron chi connectivity index (χ4n) is 2.76. The number of halogens is 2. The van der Waals surface area contributed by atoms with Gasteiger partial charge in [0.2, 0.25) is 0 Å². The molecule has 0 aliphatic heterocycles. The molecule has 1 aliphatic rings. The van der Waals surface area contributed by atoms with Crippen LogP contribution in [-0.2, 0) is 4.79 Å². The van der Waals surface area contributed by atoms with Crippen molar-refractivity contribution in [3.63, 3.8) is 0 Å². The maximum absolute atomic E-state index is 13.7. The van der Waals surface area contributed by atoms with E-state index in [0.29, 0.717) is 12.8 Å². The van der Waals surface area contributed by atoms with Crippen molar-refractivity contribution in [3.05, 3.63) is 32.5 Å². The number of hydrogen-bond donors (Lipinski definition) is 2. The van der Waals surface area contributed by atoms with Crippen molar-refractivity contribution in [2.45, 2.75) is 37.6 Å². The Labute approximate surface area is 128 Å². The summed E-state index contributed by atoms with van der Waals surface area (Å²) in [4.78, 5) is 21.5. The lowest BCUT2D eigenvalue weighted by atomic mass is 9.92. The van der Waals surface area contributed by atoms with E-state index in [0.717, 1.165) is 25.0 Å². The number of anilines is 1. The fraction of sp³-hybridized carbons (Fsp3) is 0.462. The van der Waals surface area contributed by atoms with Gasteiger partial charge >= 0.3 is 5.97 Å². The first kappa shape index (κ1) is 15.7. The van der Waals surface area contributed by atoms with Gasteiger partial charge in [-0.3, -0.25) is 14.9 Å². The van der Waals surface area contributed by atoms with Gasteiger partial charge in [0, 0.05) is 17.7 Å². The quantitative estimate of drug-likeness (QED) is 0.616. The van der Waals surface area contributed by atoms with Crippen LogP contribution in [-0.4, -0.2) is 21.5 Å². The molecule has 0 amide bonds. The SMILES string of the molecule is O=C(O)CC1(Nc2cc(F)c(Br)cc2[N+](=O)[O-])CCCC1. The number of hydrogen-bond acceptors (Lipinski definition) is 4. The Morgan fingerprint density at radius 2 is 2.10 bits per heavy atom. The number of rotatable bonds is 5. The summed E-state index contributed by atoms with van der Waals surface area (Å²) in [6.07, 6.45) is 2.71. The molecule has 6 nitrogen and oxygen atoms in total.